The Kier molecular flexibility index (Phi) is 3.61. The van der Waals surface area contributed by atoms with Crippen LogP contribution in [0.1, 0.15) is 34.8 Å². The zero-order chi connectivity index (χ0) is 12.4. The van der Waals surface area contributed by atoms with Crippen LogP contribution in [0.4, 0.5) is 0 Å². The lowest BCUT2D eigenvalue weighted by Crippen LogP contribution is -2.30. The second kappa shape index (κ2) is 5.00. The van der Waals surface area contributed by atoms with Crippen LogP contribution < -0.4 is 11.3 Å². The molecule has 5 heteroatoms. The zero-order valence-electron chi connectivity index (χ0n) is 10.4. The first-order valence-electron chi connectivity index (χ1n) is 5.71. The van der Waals surface area contributed by atoms with E-state index in [-0.39, 0.29) is 6.04 Å². The van der Waals surface area contributed by atoms with E-state index in [9.17, 15) is 0 Å². The minimum atomic E-state index is 0.0242. The Hall–Kier alpha value is -1.17. The van der Waals surface area contributed by atoms with Crippen molar-refractivity contribution in [2.24, 2.45) is 5.84 Å². The lowest BCUT2D eigenvalue weighted by molar-refractivity contribution is 0.546. The molecule has 0 aliphatic heterocycles. The van der Waals surface area contributed by atoms with Gasteiger partial charge in [0.15, 0.2) is 0 Å². The van der Waals surface area contributed by atoms with Crippen molar-refractivity contribution in [1.29, 1.82) is 0 Å². The normalized spacial score (nSPS) is 12.9. The van der Waals surface area contributed by atoms with Crippen LogP contribution in [0.3, 0.4) is 0 Å². The van der Waals surface area contributed by atoms with Gasteiger partial charge in [-0.05, 0) is 43.8 Å². The molecule has 92 valence electrons. The summed E-state index contributed by atoms with van der Waals surface area (Å²) in [5, 5.41) is 6.56. The molecule has 0 bridgehead atoms. The maximum atomic E-state index is 5.71. The van der Waals surface area contributed by atoms with Crippen molar-refractivity contribution in [3.63, 3.8) is 0 Å². The van der Waals surface area contributed by atoms with Crippen molar-refractivity contribution in [3.8, 4) is 0 Å². The number of rotatable bonds is 4. The van der Waals surface area contributed by atoms with E-state index in [1.807, 2.05) is 11.6 Å². The summed E-state index contributed by atoms with van der Waals surface area (Å²) in [5.74, 6) is 5.71. The van der Waals surface area contributed by atoms with E-state index in [0.29, 0.717) is 0 Å². The van der Waals surface area contributed by atoms with Crippen LogP contribution >= 0.6 is 11.3 Å². The lowest BCUT2D eigenvalue weighted by atomic mass is 10.1. The average molecular weight is 250 g/mol. The van der Waals surface area contributed by atoms with Gasteiger partial charge in [0.25, 0.3) is 0 Å². The first-order valence-corrected chi connectivity index (χ1v) is 6.59. The van der Waals surface area contributed by atoms with E-state index in [4.69, 9.17) is 5.84 Å². The van der Waals surface area contributed by atoms with E-state index in [2.05, 4.69) is 41.9 Å². The van der Waals surface area contributed by atoms with E-state index < -0.39 is 0 Å². The van der Waals surface area contributed by atoms with Crippen LogP contribution in [0.2, 0.25) is 0 Å². The van der Waals surface area contributed by atoms with Gasteiger partial charge in [-0.1, -0.05) is 0 Å². The third-order valence-electron chi connectivity index (χ3n) is 2.86. The molecule has 0 radical (unpaired) electrons. The van der Waals surface area contributed by atoms with Crippen molar-refractivity contribution in [3.05, 3.63) is 39.3 Å². The third-order valence-corrected chi connectivity index (χ3v) is 3.94. The maximum Gasteiger partial charge on any atom is 0.0972 e. The molecule has 2 aromatic heterocycles. The third kappa shape index (κ3) is 2.26. The molecule has 2 rings (SSSR count). The standard InChI is InChI=1S/C12H18N4S/c1-4-16-10(7-9(3)15-16)11(14-13)12-8(2)5-6-17-12/h5-7,11,14H,4,13H2,1-3H3. The Labute approximate surface area is 105 Å². The molecular weight excluding hydrogens is 232 g/mol. The summed E-state index contributed by atoms with van der Waals surface area (Å²) in [7, 11) is 0. The molecule has 3 N–H and O–H groups in total. The molecule has 0 spiro atoms. The van der Waals surface area contributed by atoms with Gasteiger partial charge in [0.05, 0.1) is 17.4 Å². The van der Waals surface area contributed by atoms with Gasteiger partial charge >= 0.3 is 0 Å². The van der Waals surface area contributed by atoms with Gasteiger partial charge in [-0.2, -0.15) is 5.10 Å². The fraction of sp³-hybridized carbons (Fsp3) is 0.417. The number of nitrogens with two attached hydrogens (primary N) is 1. The van der Waals surface area contributed by atoms with Crippen LogP contribution in [-0.2, 0) is 6.54 Å². The number of hydrazine groups is 1. The summed E-state index contributed by atoms with van der Waals surface area (Å²) >= 11 is 1.72. The molecule has 0 saturated carbocycles. The van der Waals surface area contributed by atoms with E-state index >= 15 is 0 Å². The molecular formula is C12H18N4S. The van der Waals surface area contributed by atoms with Crippen molar-refractivity contribution >= 4 is 11.3 Å². The Morgan fingerprint density at radius 2 is 2.29 bits per heavy atom. The van der Waals surface area contributed by atoms with Gasteiger partial charge in [-0.3, -0.25) is 10.5 Å². The zero-order valence-corrected chi connectivity index (χ0v) is 11.2. The van der Waals surface area contributed by atoms with Crippen LogP contribution in [-0.4, -0.2) is 9.78 Å². The number of hydrogen-bond acceptors (Lipinski definition) is 4. The van der Waals surface area contributed by atoms with Gasteiger partial charge in [0, 0.05) is 11.4 Å². The van der Waals surface area contributed by atoms with Gasteiger partial charge in [0.1, 0.15) is 0 Å². The fourth-order valence-corrected chi connectivity index (χ4v) is 3.02. The number of thiophene rings is 1. The largest absolute Gasteiger partial charge is 0.270 e. The summed E-state index contributed by atoms with van der Waals surface area (Å²) in [6, 6.07) is 4.23. The average Bonchev–Trinajstić information content (AvgIpc) is 2.88. The van der Waals surface area contributed by atoms with E-state index in [0.717, 1.165) is 17.9 Å². The summed E-state index contributed by atoms with van der Waals surface area (Å²) in [6.45, 7) is 7.05. The highest BCUT2D eigenvalue weighted by molar-refractivity contribution is 7.10. The van der Waals surface area contributed by atoms with Crippen LogP contribution in [0.5, 0.6) is 0 Å². The SMILES string of the molecule is CCn1nc(C)cc1C(NN)c1sccc1C. The van der Waals surface area contributed by atoms with E-state index in [1.165, 1.54) is 10.4 Å². The molecule has 0 saturated heterocycles. The van der Waals surface area contributed by atoms with Crippen LogP contribution in [0.25, 0.3) is 0 Å². The van der Waals surface area contributed by atoms with Crippen LogP contribution in [0, 0.1) is 13.8 Å². The van der Waals surface area contributed by atoms with Crippen molar-refractivity contribution in [2.75, 3.05) is 0 Å². The van der Waals surface area contributed by atoms with Crippen molar-refractivity contribution < 1.29 is 0 Å². The highest BCUT2D eigenvalue weighted by atomic mass is 32.1. The molecule has 4 nitrogen and oxygen atoms in total. The molecule has 0 fully saturated rings. The summed E-state index contributed by atoms with van der Waals surface area (Å²) in [5.41, 5.74) is 6.31. The minimum absolute atomic E-state index is 0.0242. The molecule has 17 heavy (non-hydrogen) atoms. The second-order valence-electron chi connectivity index (χ2n) is 4.09. The van der Waals surface area contributed by atoms with Gasteiger partial charge < -0.3 is 0 Å². The molecule has 2 heterocycles. The Morgan fingerprint density at radius 3 is 2.82 bits per heavy atom. The Morgan fingerprint density at radius 1 is 1.53 bits per heavy atom. The van der Waals surface area contributed by atoms with Crippen molar-refractivity contribution in [1.82, 2.24) is 15.2 Å². The number of nitrogens with one attached hydrogen (secondary N) is 1. The van der Waals surface area contributed by atoms with Gasteiger partial charge in [-0.15, -0.1) is 11.3 Å². The first-order chi connectivity index (χ1) is 8.17. The van der Waals surface area contributed by atoms with E-state index in [1.54, 1.807) is 11.3 Å². The first kappa shape index (κ1) is 12.3. The Bertz CT molecular complexity index is 500. The Balaban J connectivity index is 2.45. The lowest BCUT2D eigenvalue weighted by Gasteiger charge is -2.16. The topological polar surface area (TPSA) is 55.9 Å². The van der Waals surface area contributed by atoms with Gasteiger partial charge in [-0.25, -0.2) is 5.43 Å². The number of aryl methyl sites for hydroxylation is 3. The molecule has 0 aromatic carbocycles. The van der Waals surface area contributed by atoms with Crippen molar-refractivity contribution in [2.45, 2.75) is 33.4 Å². The number of hydrogen-bond donors (Lipinski definition) is 2. The second-order valence-corrected chi connectivity index (χ2v) is 5.04. The summed E-state index contributed by atoms with van der Waals surface area (Å²) in [6.07, 6.45) is 0. The molecule has 1 atom stereocenters. The van der Waals surface area contributed by atoms with Gasteiger partial charge in [0.2, 0.25) is 0 Å². The molecule has 0 amide bonds. The smallest absolute Gasteiger partial charge is 0.0972 e. The molecule has 2 aromatic rings. The quantitative estimate of drug-likeness (QED) is 0.645. The fourth-order valence-electron chi connectivity index (χ4n) is 2.03. The number of nitrogens with zero attached hydrogens (tertiary/aromatic N) is 2. The summed E-state index contributed by atoms with van der Waals surface area (Å²) < 4.78 is 2.00. The monoisotopic (exact) mass is 250 g/mol. The number of aromatic nitrogens is 2. The predicted molar refractivity (Wildman–Crippen MR) is 70.9 cm³/mol. The summed E-state index contributed by atoms with van der Waals surface area (Å²) in [4.78, 5) is 1.25. The molecule has 1 unspecified atom stereocenters. The minimum Gasteiger partial charge on any atom is -0.270 e. The molecule has 0 aliphatic rings. The highest BCUT2D eigenvalue weighted by Crippen LogP contribution is 2.29. The predicted octanol–water partition coefficient (Wildman–Crippen LogP) is 2.13. The highest BCUT2D eigenvalue weighted by Gasteiger charge is 2.20. The molecule has 0 aliphatic carbocycles. The van der Waals surface area contributed by atoms with Crippen LogP contribution in [0.15, 0.2) is 17.5 Å². The maximum absolute atomic E-state index is 5.71.